The zero-order valence-electron chi connectivity index (χ0n) is 12.1. The topological polar surface area (TPSA) is 71.7 Å². The molecule has 2 rings (SSSR count). The van der Waals surface area contributed by atoms with Crippen molar-refractivity contribution in [2.24, 2.45) is 5.92 Å². The zero-order valence-corrected chi connectivity index (χ0v) is 12.1. The van der Waals surface area contributed by atoms with Crippen LogP contribution in [-0.4, -0.2) is 20.7 Å². The largest absolute Gasteiger partial charge is 0.494 e. The monoisotopic (exact) mass is 289 g/mol. The summed E-state index contributed by atoms with van der Waals surface area (Å²) in [7, 11) is 0. The number of carbonyl (C=O) groups is 1. The Hall–Kier alpha value is -2.43. The summed E-state index contributed by atoms with van der Waals surface area (Å²) >= 11 is 0. The summed E-state index contributed by atoms with van der Waals surface area (Å²) in [6, 6.07) is 11.3. The van der Waals surface area contributed by atoms with Crippen LogP contribution in [0.15, 0.2) is 42.5 Å². The van der Waals surface area contributed by atoms with Crippen LogP contribution in [0.5, 0.6) is 11.8 Å². The number of aromatic hydroxyl groups is 2. The van der Waals surface area contributed by atoms with E-state index in [4.69, 9.17) is 4.74 Å². The molecule has 5 heteroatoms. The molecule has 2 aromatic rings. The van der Waals surface area contributed by atoms with Crippen LogP contribution in [0.1, 0.15) is 25.5 Å². The van der Waals surface area contributed by atoms with Gasteiger partial charge in [-0.2, -0.15) is 0 Å². The van der Waals surface area contributed by atoms with Gasteiger partial charge in [-0.3, -0.25) is 4.57 Å². The van der Waals surface area contributed by atoms with E-state index >= 15 is 0 Å². The van der Waals surface area contributed by atoms with Crippen LogP contribution < -0.4 is 0 Å². The maximum Gasteiger partial charge on any atom is 0.329 e. The first-order valence-corrected chi connectivity index (χ1v) is 6.80. The second kappa shape index (κ2) is 6.35. The number of hydrogen-bond acceptors (Lipinski definition) is 4. The van der Waals surface area contributed by atoms with Crippen molar-refractivity contribution >= 4 is 5.97 Å². The lowest BCUT2D eigenvalue weighted by atomic mass is 10.0. The van der Waals surface area contributed by atoms with Gasteiger partial charge in [0.2, 0.25) is 0 Å². The van der Waals surface area contributed by atoms with Gasteiger partial charge in [-0.1, -0.05) is 44.2 Å². The predicted octanol–water partition coefficient (Wildman–Crippen LogP) is 2.84. The van der Waals surface area contributed by atoms with Gasteiger partial charge in [-0.15, -0.1) is 0 Å². The zero-order chi connectivity index (χ0) is 15.4. The molecule has 0 radical (unpaired) electrons. The molecule has 5 nitrogen and oxygen atoms in total. The molecule has 0 fully saturated rings. The molecule has 1 aromatic heterocycles. The number of ether oxygens (including phenoxy) is 1. The van der Waals surface area contributed by atoms with Gasteiger partial charge in [-0.05, 0) is 11.5 Å². The number of nitrogens with zero attached hydrogens (tertiary/aromatic N) is 1. The third-order valence-corrected chi connectivity index (χ3v) is 3.25. The summed E-state index contributed by atoms with van der Waals surface area (Å²) in [5.41, 5.74) is 0.884. The van der Waals surface area contributed by atoms with E-state index in [0.29, 0.717) is 0 Å². The van der Waals surface area contributed by atoms with E-state index in [1.54, 1.807) is 0 Å². The lowest BCUT2D eigenvalue weighted by molar-refractivity contribution is -0.150. The third-order valence-electron chi connectivity index (χ3n) is 3.25. The molecule has 0 unspecified atom stereocenters. The quantitative estimate of drug-likeness (QED) is 0.830. The van der Waals surface area contributed by atoms with Crippen molar-refractivity contribution in [2.45, 2.75) is 26.5 Å². The van der Waals surface area contributed by atoms with Crippen LogP contribution in [0.4, 0.5) is 0 Å². The van der Waals surface area contributed by atoms with Crippen LogP contribution in [-0.2, 0) is 16.1 Å². The first-order chi connectivity index (χ1) is 10.0. The Labute approximate surface area is 123 Å². The number of carbonyl (C=O) groups excluding carboxylic acids is 1. The first kappa shape index (κ1) is 15.0. The number of rotatable bonds is 5. The van der Waals surface area contributed by atoms with E-state index < -0.39 is 12.0 Å². The van der Waals surface area contributed by atoms with E-state index in [9.17, 15) is 15.0 Å². The lowest BCUT2D eigenvalue weighted by Gasteiger charge is -2.22. The van der Waals surface area contributed by atoms with Crippen LogP contribution >= 0.6 is 0 Å². The summed E-state index contributed by atoms with van der Waals surface area (Å²) in [5.74, 6) is -0.959. The molecular formula is C16H19NO4. The van der Waals surface area contributed by atoms with Gasteiger partial charge in [0.05, 0.1) is 0 Å². The average molecular weight is 289 g/mol. The van der Waals surface area contributed by atoms with Crippen LogP contribution in [0.3, 0.4) is 0 Å². The molecule has 0 amide bonds. The normalized spacial score (nSPS) is 12.3. The summed E-state index contributed by atoms with van der Waals surface area (Å²) in [6.07, 6.45) is 0. The van der Waals surface area contributed by atoms with E-state index in [1.807, 2.05) is 44.2 Å². The smallest absolute Gasteiger partial charge is 0.329 e. The van der Waals surface area contributed by atoms with Gasteiger partial charge >= 0.3 is 5.97 Å². The predicted molar refractivity (Wildman–Crippen MR) is 77.9 cm³/mol. The second-order valence-electron chi connectivity index (χ2n) is 5.20. The summed E-state index contributed by atoms with van der Waals surface area (Å²) in [6.45, 7) is 3.81. The molecule has 0 bridgehead atoms. The molecule has 0 aliphatic carbocycles. The summed E-state index contributed by atoms with van der Waals surface area (Å²) in [5, 5.41) is 19.6. The Balaban J connectivity index is 2.14. The average Bonchev–Trinajstić information content (AvgIpc) is 2.78. The van der Waals surface area contributed by atoms with Crippen molar-refractivity contribution in [2.75, 3.05) is 0 Å². The second-order valence-corrected chi connectivity index (χ2v) is 5.20. The van der Waals surface area contributed by atoms with Gasteiger partial charge in [0.1, 0.15) is 12.6 Å². The van der Waals surface area contributed by atoms with Crippen molar-refractivity contribution in [3.05, 3.63) is 48.0 Å². The minimum Gasteiger partial charge on any atom is -0.494 e. The highest BCUT2D eigenvalue weighted by atomic mass is 16.5. The Morgan fingerprint density at radius 3 is 2.19 bits per heavy atom. The third kappa shape index (κ3) is 3.37. The molecule has 1 heterocycles. The molecule has 2 N–H and O–H groups in total. The van der Waals surface area contributed by atoms with Gasteiger partial charge in [0.15, 0.2) is 11.8 Å². The maximum absolute atomic E-state index is 12.3. The van der Waals surface area contributed by atoms with Crippen LogP contribution in [0.2, 0.25) is 0 Å². The SMILES string of the molecule is CC(C)[C@@H](C(=O)OCc1ccccc1)n1c(O)ccc1O. The van der Waals surface area contributed by atoms with Crippen LogP contribution in [0.25, 0.3) is 0 Å². The fourth-order valence-electron chi connectivity index (χ4n) is 2.20. The summed E-state index contributed by atoms with van der Waals surface area (Å²) < 4.78 is 6.48. The molecule has 0 aliphatic rings. The highest BCUT2D eigenvalue weighted by Crippen LogP contribution is 2.31. The minimum absolute atomic E-state index is 0.141. The van der Waals surface area contributed by atoms with E-state index in [2.05, 4.69) is 0 Å². The standard InChI is InChI=1S/C16H19NO4/c1-11(2)15(17-13(18)8-9-14(17)19)16(20)21-10-12-6-4-3-5-7-12/h3-9,11,15,18-19H,10H2,1-2H3/t15-/m0/s1. The van der Waals surface area contributed by atoms with Gasteiger partial charge in [0, 0.05) is 12.1 Å². The molecule has 1 atom stereocenters. The number of esters is 1. The molecule has 0 saturated heterocycles. The Morgan fingerprint density at radius 1 is 1.10 bits per heavy atom. The van der Waals surface area contributed by atoms with Gasteiger partial charge < -0.3 is 14.9 Å². The van der Waals surface area contributed by atoms with Crippen molar-refractivity contribution in [3.8, 4) is 11.8 Å². The molecule has 0 saturated carbocycles. The highest BCUT2D eigenvalue weighted by molar-refractivity contribution is 5.75. The molecule has 21 heavy (non-hydrogen) atoms. The van der Waals surface area contributed by atoms with Crippen molar-refractivity contribution in [3.63, 3.8) is 0 Å². The Morgan fingerprint density at radius 2 is 1.67 bits per heavy atom. The molecule has 112 valence electrons. The number of benzene rings is 1. The van der Waals surface area contributed by atoms with E-state index in [0.717, 1.165) is 5.56 Å². The fraction of sp³-hybridized carbons (Fsp3) is 0.312. The van der Waals surface area contributed by atoms with Crippen molar-refractivity contribution < 1.29 is 19.7 Å². The Bertz CT molecular complexity index is 584. The number of aromatic nitrogens is 1. The number of hydrogen-bond donors (Lipinski definition) is 2. The lowest BCUT2D eigenvalue weighted by Crippen LogP contribution is -2.26. The van der Waals surface area contributed by atoms with E-state index in [1.165, 1.54) is 16.7 Å². The Kier molecular flexibility index (Phi) is 4.52. The van der Waals surface area contributed by atoms with Gasteiger partial charge in [-0.25, -0.2) is 4.79 Å². The molecule has 0 spiro atoms. The van der Waals surface area contributed by atoms with Crippen LogP contribution in [0, 0.1) is 5.92 Å². The first-order valence-electron chi connectivity index (χ1n) is 6.80. The highest BCUT2D eigenvalue weighted by Gasteiger charge is 2.29. The maximum atomic E-state index is 12.3. The fourth-order valence-corrected chi connectivity index (χ4v) is 2.20. The molecular weight excluding hydrogens is 270 g/mol. The minimum atomic E-state index is -0.774. The van der Waals surface area contributed by atoms with Gasteiger partial charge in [0.25, 0.3) is 0 Å². The van der Waals surface area contributed by atoms with Crippen molar-refractivity contribution in [1.29, 1.82) is 0 Å². The molecule has 1 aromatic carbocycles. The summed E-state index contributed by atoms with van der Waals surface area (Å²) in [4.78, 5) is 12.3. The van der Waals surface area contributed by atoms with E-state index in [-0.39, 0.29) is 24.3 Å². The van der Waals surface area contributed by atoms with Crippen molar-refractivity contribution in [1.82, 2.24) is 4.57 Å². The molecule has 0 aliphatic heterocycles.